The number of carbonyl (C=O) groups excluding carboxylic acids is 2. The minimum absolute atomic E-state index is 0.159. The summed E-state index contributed by atoms with van der Waals surface area (Å²) in [5.74, 6) is 0.611. The third-order valence-electron chi connectivity index (χ3n) is 4.36. The molecule has 1 fully saturated rings. The molecule has 2 rings (SSSR count). The number of para-hydroxylation sites is 1. The van der Waals surface area contributed by atoms with Crippen LogP contribution in [0.2, 0.25) is 0 Å². The molecule has 0 unspecified atom stereocenters. The Morgan fingerprint density at radius 3 is 2.76 bits per heavy atom. The van der Waals surface area contributed by atoms with Crippen molar-refractivity contribution in [2.75, 3.05) is 46.4 Å². The summed E-state index contributed by atoms with van der Waals surface area (Å²) in [7, 11) is 2.09. The van der Waals surface area contributed by atoms with Crippen molar-refractivity contribution in [2.45, 2.75) is 26.2 Å². The van der Waals surface area contributed by atoms with E-state index in [1.165, 1.54) is 0 Å². The molecule has 0 aromatic heterocycles. The number of ether oxygens (including phenoxy) is 1. The molecule has 0 saturated carbocycles. The zero-order valence-electron chi connectivity index (χ0n) is 15.3. The first-order valence-electron chi connectivity index (χ1n) is 9.08. The number of hydrogen-bond acceptors (Lipinski definition) is 4. The fourth-order valence-corrected chi connectivity index (χ4v) is 2.93. The van der Waals surface area contributed by atoms with Gasteiger partial charge in [-0.3, -0.25) is 9.59 Å². The molecule has 1 aromatic carbocycles. The van der Waals surface area contributed by atoms with E-state index in [-0.39, 0.29) is 11.8 Å². The van der Waals surface area contributed by atoms with E-state index in [1.54, 1.807) is 12.1 Å². The summed E-state index contributed by atoms with van der Waals surface area (Å²) in [5, 5.41) is 2.88. The van der Waals surface area contributed by atoms with Crippen LogP contribution in [0.25, 0.3) is 0 Å². The number of rotatable bonds is 7. The number of nitrogens with one attached hydrogen (secondary N) is 1. The van der Waals surface area contributed by atoms with Gasteiger partial charge < -0.3 is 19.9 Å². The highest BCUT2D eigenvalue weighted by Gasteiger charge is 2.17. The molecule has 6 nitrogen and oxygen atoms in total. The van der Waals surface area contributed by atoms with Gasteiger partial charge in [-0.15, -0.1) is 0 Å². The van der Waals surface area contributed by atoms with Gasteiger partial charge in [0.15, 0.2) is 0 Å². The molecule has 0 atom stereocenters. The van der Waals surface area contributed by atoms with E-state index in [4.69, 9.17) is 4.74 Å². The minimum atomic E-state index is -0.159. The van der Waals surface area contributed by atoms with Gasteiger partial charge in [-0.25, -0.2) is 0 Å². The van der Waals surface area contributed by atoms with Crippen LogP contribution >= 0.6 is 0 Å². The molecule has 1 aliphatic heterocycles. The van der Waals surface area contributed by atoms with Crippen LogP contribution in [-0.2, 0) is 4.79 Å². The van der Waals surface area contributed by atoms with Crippen LogP contribution in [0.15, 0.2) is 24.3 Å². The van der Waals surface area contributed by atoms with Crippen molar-refractivity contribution >= 4 is 11.8 Å². The Bertz CT molecular complexity index is 577. The number of hydrogen-bond donors (Lipinski definition) is 1. The molecule has 0 bridgehead atoms. The van der Waals surface area contributed by atoms with E-state index in [0.717, 1.165) is 32.6 Å². The Labute approximate surface area is 150 Å². The zero-order chi connectivity index (χ0) is 18.1. The molecule has 138 valence electrons. The van der Waals surface area contributed by atoms with Crippen LogP contribution in [0.4, 0.5) is 0 Å². The first-order chi connectivity index (χ1) is 12.1. The number of carbonyl (C=O) groups is 2. The second-order valence-corrected chi connectivity index (χ2v) is 6.33. The van der Waals surface area contributed by atoms with E-state index in [1.807, 2.05) is 24.0 Å². The Balaban J connectivity index is 1.73. The molecule has 1 aromatic rings. The van der Waals surface area contributed by atoms with Gasteiger partial charge in [0.25, 0.3) is 5.91 Å². The zero-order valence-corrected chi connectivity index (χ0v) is 15.3. The lowest BCUT2D eigenvalue weighted by molar-refractivity contribution is -0.131. The van der Waals surface area contributed by atoms with Crippen molar-refractivity contribution < 1.29 is 14.3 Å². The molecule has 1 aliphatic rings. The van der Waals surface area contributed by atoms with E-state index in [0.29, 0.717) is 37.3 Å². The van der Waals surface area contributed by atoms with Crippen LogP contribution in [0.1, 0.15) is 36.5 Å². The molecule has 0 radical (unpaired) electrons. The molecule has 0 aliphatic carbocycles. The monoisotopic (exact) mass is 347 g/mol. The maximum Gasteiger partial charge on any atom is 0.255 e. The van der Waals surface area contributed by atoms with Gasteiger partial charge in [0.1, 0.15) is 5.75 Å². The second-order valence-electron chi connectivity index (χ2n) is 6.33. The lowest BCUT2D eigenvalue weighted by atomic mass is 10.2. The third kappa shape index (κ3) is 6.05. The minimum Gasteiger partial charge on any atom is -0.493 e. The molecule has 1 saturated heterocycles. The molecular weight excluding hydrogens is 318 g/mol. The van der Waals surface area contributed by atoms with Crippen molar-refractivity contribution in [3.05, 3.63) is 29.8 Å². The molecule has 6 heteroatoms. The summed E-state index contributed by atoms with van der Waals surface area (Å²) in [6, 6.07) is 7.20. The SMILES string of the molecule is CCOc1ccccc1C(=O)NCCCC(=O)N1CCCN(C)CC1. The highest BCUT2D eigenvalue weighted by Crippen LogP contribution is 2.17. The molecule has 2 amide bonds. The number of likely N-dealkylation sites (N-methyl/N-ethyl adjacent to an activating group) is 1. The standard InChI is InChI=1S/C19H29N3O3/c1-3-25-17-9-5-4-8-16(17)19(24)20-11-6-10-18(23)22-13-7-12-21(2)14-15-22/h4-5,8-9H,3,6-7,10-15H2,1-2H3,(H,20,24). The third-order valence-corrected chi connectivity index (χ3v) is 4.36. The van der Waals surface area contributed by atoms with E-state index < -0.39 is 0 Å². The fraction of sp³-hybridized carbons (Fsp3) is 0.579. The van der Waals surface area contributed by atoms with Crippen molar-refractivity contribution in [2.24, 2.45) is 0 Å². The Morgan fingerprint density at radius 1 is 1.16 bits per heavy atom. The molecule has 0 spiro atoms. The van der Waals surface area contributed by atoms with Gasteiger partial charge in [-0.1, -0.05) is 12.1 Å². The average Bonchev–Trinajstić information content (AvgIpc) is 2.84. The predicted octanol–water partition coefficient (Wildman–Crippen LogP) is 1.76. The quantitative estimate of drug-likeness (QED) is 0.764. The largest absolute Gasteiger partial charge is 0.493 e. The van der Waals surface area contributed by atoms with Gasteiger partial charge in [0, 0.05) is 32.6 Å². The predicted molar refractivity (Wildman–Crippen MR) is 97.9 cm³/mol. The summed E-state index contributed by atoms with van der Waals surface area (Å²) in [6.45, 7) is 6.49. The molecular formula is C19H29N3O3. The summed E-state index contributed by atoms with van der Waals surface area (Å²) in [5.41, 5.74) is 0.534. The maximum absolute atomic E-state index is 12.3. The van der Waals surface area contributed by atoms with E-state index in [2.05, 4.69) is 17.3 Å². The number of amides is 2. The smallest absolute Gasteiger partial charge is 0.255 e. The van der Waals surface area contributed by atoms with Crippen LogP contribution in [-0.4, -0.2) is 68.0 Å². The summed E-state index contributed by atoms with van der Waals surface area (Å²) in [6.07, 6.45) is 2.14. The number of nitrogens with zero attached hydrogens (tertiary/aromatic N) is 2. The fourth-order valence-electron chi connectivity index (χ4n) is 2.93. The maximum atomic E-state index is 12.3. The van der Waals surface area contributed by atoms with Crippen molar-refractivity contribution in [3.63, 3.8) is 0 Å². The number of benzene rings is 1. The lowest BCUT2D eigenvalue weighted by Crippen LogP contribution is -2.35. The highest BCUT2D eigenvalue weighted by atomic mass is 16.5. The first-order valence-corrected chi connectivity index (χ1v) is 9.08. The summed E-state index contributed by atoms with van der Waals surface area (Å²) < 4.78 is 5.48. The van der Waals surface area contributed by atoms with Crippen molar-refractivity contribution in [3.8, 4) is 5.75 Å². The van der Waals surface area contributed by atoms with Crippen LogP contribution in [0.5, 0.6) is 5.75 Å². The van der Waals surface area contributed by atoms with Crippen molar-refractivity contribution in [1.82, 2.24) is 15.1 Å². The van der Waals surface area contributed by atoms with Gasteiger partial charge in [0.05, 0.1) is 12.2 Å². The van der Waals surface area contributed by atoms with Crippen LogP contribution in [0.3, 0.4) is 0 Å². The van der Waals surface area contributed by atoms with Crippen LogP contribution < -0.4 is 10.1 Å². The Kier molecular flexibility index (Phi) is 7.73. The molecule has 25 heavy (non-hydrogen) atoms. The molecule has 1 N–H and O–H groups in total. The van der Waals surface area contributed by atoms with Gasteiger partial charge in [-0.05, 0) is 45.5 Å². The summed E-state index contributed by atoms with van der Waals surface area (Å²) in [4.78, 5) is 28.8. The second kappa shape index (κ2) is 10.0. The summed E-state index contributed by atoms with van der Waals surface area (Å²) >= 11 is 0. The molecule has 1 heterocycles. The normalized spacial score (nSPS) is 15.5. The topological polar surface area (TPSA) is 61.9 Å². The first kappa shape index (κ1) is 19.2. The highest BCUT2D eigenvalue weighted by molar-refractivity contribution is 5.96. The van der Waals surface area contributed by atoms with Gasteiger partial charge in [-0.2, -0.15) is 0 Å². The lowest BCUT2D eigenvalue weighted by Gasteiger charge is -2.20. The van der Waals surface area contributed by atoms with E-state index >= 15 is 0 Å². The van der Waals surface area contributed by atoms with Crippen LogP contribution in [0, 0.1) is 0 Å². The van der Waals surface area contributed by atoms with E-state index in [9.17, 15) is 9.59 Å². The Hall–Kier alpha value is -2.08. The average molecular weight is 347 g/mol. The van der Waals surface area contributed by atoms with Gasteiger partial charge >= 0.3 is 0 Å². The Morgan fingerprint density at radius 2 is 1.96 bits per heavy atom. The van der Waals surface area contributed by atoms with Gasteiger partial charge in [0.2, 0.25) is 5.91 Å². The van der Waals surface area contributed by atoms with Crippen molar-refractivity contribution in [1.29, 1.82) is 0 Å².